The molecule has 0 spiro atoms. The predicted octanol–water partition coefficient (Wildman–Crippen LogP) is 2.06. The van der Waals surface area contributed by atoms with Crippen LogP contribution in [0.2, 0.25) is 0 Å². The van der Waals surface area contributed by atoms with Gasteiger partial charge in [-0.3, -0.25) is 9.36 Å². The zero-order valence-corrected chi connectivity index (χ0v) is 12.5. The standard InChI is InChI=1S/C16H15N5O2/c1-23-9-12-4-2-5-13(8-12)19-16(22)14-6-3-7-15(20-14)21-10-17-18-11-21/h2-8,10-11H,9H2,1H3,(H,19,22). The Bertz CT molecular complexity index is 802. The van der Waals surface area contributed by atoms with Crippen molar-refractivity contribution in [3.63, 3.8) is 0 Å². The van der Waals surface area contributed by atoms with Crippen LogP contribution in [0, 0.1) is 0 Å². The van der Waals surface area contributed by atoms with Gasteiger partial charge in [-0.15, -0.1) is 10.2 Å². The van der Waals surface area contributed by atoms with E-state index in [-0.39, 0.29) is 5.91 Å². The zero-order chi connectivity index (χ0) is 16.1. The van der Waals surface area contributed by atoms with E-state index in [4.69, 9.17) is 4.74 Å². The van der Waals surface area contributed by atoms with Crippen LogP contribution in [-0.2, 0) is 11.3 Å². The highest BCUT2D eigenvalue weighted by molar-refractivity contribution is 6.03. The van der Waals surface area contributed by atoms with Crippen LogP contribution in [0.4, 0.5) is 5.69 Å². The molecule has 0 bridgehead atoms. The van der Waals surface area contributed by atoms with E-state index in [0.717, 1.165) is 5.56 Å². The van der Waals surface area contributed by atoms with Gasteiger partial charge in [-0.05, 0) is 29.8 Å². The van der Waals surface area contributed by atoms with Crippen LogP contribution in [-0.4, -0.2) is 32.8 Å². The lowest BCUT2D eigenvalue weighted by molar-refractivity contribution is 0.102. The van der Waals surface area contributed by atoms with Crippen molar-refractivity contribution < 1.29 is 9.53 Å². The fourth-order valence-electron chi connectivity index (χ4n) is 2.11. The molecule has 0 saturated heterocycles. The quantitative estimate of drug-likeness (QED) is 0.780. The summed E-state index contributed by atoms with van der Waals surface area (Å²) in [5, 5.41) is 10.3. The van der Waals surface area contributed by atoms with Gasteiger partial charge in [-0.1, -0.05) is 18.2 Å². The molecule has 7 heteroatoms. The van der Waals surface area contributed by atoms with Gasteiger partial charge in [0.1, 0.15) is 24.2 Å². The monoisotopic (exact) mass is 309 g/mol. The molecule has 2 aromatic heterocycles. The molecule has 0 fully saturated rings. The minimum Gasteiger partial charge on any atom is -0.380 e. The zero-order valence-electron chi connectivity index (χ0n) is 12.5. The van der Waals surface area contributed by atoms with Crippen LogP contribution in [0.15, 0.2) is 55.1 Å². The number of benzene rings is 1. The lowest BCUT2D eigenvalue weighted by Crippen LogP contribution is -2.14. The number of carbonyl (C=O) groups excluding carboxylic acids is 1. The molecule has 0 atom stereocenters. The Hall–Kier alpha value is -3.06. The van der Waals surface area contributed by atoms with Gasteiger partial charge < -0.3 is 10.1 Å². The van der Waals surface area contributed by atoms with E-state index in [2.05, 4.69) is 20.5 Å². The lowest BCUT2D eigenvalue weighted by Gasteiger charge is -2.08. The Morgan fingerprint density at radius 1 is 1.17 bits per heavy atom. The van der Waals surface area contributed by atoms with Gasteiger partial charge >= 0.3 is 0 Å². The number of aromatic nitrogens is 4. The molecule has 0 radical (unpaired) electrons. The van der Waals surface area contributed by atoms with Crippen molar-refractivity contribution in [3.8, 4) is 5.82 Å². The van der Waals surface area contributed by atoms with Gasteiger partial charge in [-0.25, -0.2) is 4.98 Å². The van der Waals surface area contributed by atoms with Gasteiger partial charge in [0.2, 0.25) is 0 Å². The number of carbonyl (C=O) groups is 1. The third-order valence-electron chi connectivity index (χ3n) is 3.15. The number of methoxy groups -OCH3 is 1. The third kappa shape index (κ3) is 3.58. The molecule has 2 heterocycles. The number of rotatable bonds is 5. The maximum Gasteiger partial charge on any atom is 0.274 e. The normalized spacial score (nSPS) is 10.5. The Kier molecular flexibility index (Phi) is 4.39. The van der Waals surface area contributed by atoms with Crippen LogP contribution >= 0.6 is 0 Å². The van der Waals surface area contributed by atoms with Crippen LogP contribution < -0.4 is 5.32 Å². The summed E-state index contributed by atoms with van der Waals surface area (Å²) >= 11 is 0. The average molecular weight is 309 g/mol. The van der Waals surface area contributed by atoms with E-state index in [1.54, 1.807) is 29.9 Å². The number of amides is 1. The van der Waals surface area contributed by atoms with E-state index in [0.29, 0.717) is 23.8 Å². The molecule has 0 saturated carbocycles. The molecule has 0 aliphatic carbocycles. The van der Waals surface area contributed by atoms with Crippen LogP contribution in [0.5, 0.6) is 0 Å². The summed E-state index contributed by atoms with van der Waals surface area (Å²) in [5.74, 6) is 0.297. The smallest absolute Gasteiger partial charge is 0.274 e. The van der Waals surface area contributed by atoms with Crippen molar-refractivity contribution in [1.82, 2.24) is 19.7 Å². The summed E-state index contributed by atoms with van der Waals surface area (Å²) in [5.41, 5.74) is 1.99. The summed E-state index contributed by atoms with van der Waals surface area (Å²) in [6.07, 6.45) is 3.05. The van der Waals surface area contributed by atoms with Crippen LogP contribution in [0.3, 0.4) is 0 Å². The van der Waals surface area contributed by atoms with E-state index in [1.807, 2.05) is 24.3 Å². The first-order chi connectivity index (χ1) is 11.3. The second-order valence-electron chi connectivity index (χ2n) is 4.84. The average Bonchev–Trinajstić information content (AvgIpc) is 3.10. The minimum atomic E-state index is -0.283. The van der Waals surface area contributed by atoms with Gasteiger partial charge in [0.25, 0.3) is 5.91 Å². The molecular formula is C16H15N5O2. The second kappa shape index (κ2) is 6.80. The third-order valence-corrected chi connectivity index (χ3v) is 3.15. The summed E-state index contributed by atoms with van der Waals surface area (Å²) in [6, 6.07) is 12.7. The molecule has 116 valence electrons. The second-order valence-corrected chi connectivity index (χ2v) is 4.84. The number of nitrogens with zero attached hydrogens (tertiary/aromatic N) is 4. The van der Waals surface area contributed by atoms with Crippen LogP contribution in [0.1, 0.15) is 16.1 Å². The van der Waals surface area contributed by atoms with Crippen molar-refractivity contribution in [2.75, 3.05) is 12.4 Å². The van der Waals surface area contributed by atoms with Crippen molar-refractivity contribution in [3.05, 3.63) is 66.4 Å². The molecule has 3 aromatic rings. The van der Waals surface area contributed by atoms with Crippen molar-refractivity contribution in [1.29, 1.82) is 0 Å². The highest BCUT2D eigenvalue weighted by Gasteiger charge is 2.09. The maximum absolute atomic E-state index is 12.4. The lowest BCUT2D eigenvalue weighted by atomic mass is 10.2. The van der Waals surface area contributed by atoms with E-state index < -0.39 is 0 Å². The van der Waals surface area contributed by atoms with Gasteiger partial charge in [0, 0.05) is 12.8 Å². The number of pyridine rings is 1. The van der Waals surface area contributed by atoms with Gasteiger partial charge in [-0.2, -0.15) is 0 Å². The number of nitrogens with one attached hydrogen (secondary N) is 1. The highest BCUT2D eigenvalue weighted by Crippen LogP contribution is 2.13. The van der Waals surface area contributed by atoms with Crippen LogP contribution in [0.25, 0.3) is 5.82 Å². The van der Waals surface area contributed by atoms with E-state index in [1.165, 1.54) is 12.7 Å². The Labute approximate surface area is 133 Å². The van der Waals surface area contributed by atoms with E-state index in [9.17, 15) is 4.79 Å². The number of ether oxygens (including phenoxy) is 1. The molecule has 3 rings (SSSR count). The number of hydrogen-bond acceptors (Lipinski definition) is 5. The largest absolute Gasteiger partial charge is 0.380 e. The summed E-state index contributed by atoms with van der Waals surface area (Å²) in [7, 11) is 1.63. The molecular weight excluding hydrogens is 294 g/mol. The maximum atomic E-state index is 12.4. The van der Waals surface area contributed by atoms with Gasteiger partial charge in [0.05, 0.1) is 6.61 Å². The van der Waals surface area contributed by atoms with Gasteiger partial charge in [0.15, 0.2) is 0 Å². The fraction of sp³-hybridized carbons (Fsp3) is 0.125. The van der Waals surface area contributed by atoms with Crippen molar-refractivity contribution >= 4 is 11.6 Å². The van der Waals surface area contributed by atoms with E-state index >= 15 is 0 Å². The van der Waals surface area contributed by atoms with Crippen molar-refractivity contribution in [2.45, 2.75) is 6.61 Å². The Morgan fingerprint density at radius 2 is 1.96 bits per heavy atom. The SMILES string of the molecule is COCc1cccc(NC(=O)c2cccc(-n3cnnc3)n2)c1. The first-order valence-electron chi connectivity index (χ1n) is 6.97. The Morgan fingerprint density at radius 3 is 2.74 bits per heavy atom. The summed E-state index contributed by atoms with van der Waals surface area (Å²) in [4.78, 5) is 16.7. The Balaban J connectivity index is 1.78. The summed E-state index contributed by atoms with van der Waals surface area (Å²) in [6.45, 7) is 0.491. The highest BCUT2D eigenvalue weighted by atomic mass is 16.5. The molecule has 0 aliphatic rings. The fourth-order valence-corrected chi connectivity index (χ4v) is 2.11. The van der Waals surface area contributed by atoms with Crippen molar-refractivity contribution in [2.24, 2.45) is 0 Å². The first-order valence-corrected chi connectivity index (χ1v) is 6.97. The molecule has 0 aliphatic heterocycles. The number of hydrogen-bond donors (Lipinski definition) is 1. The molecule has 23 heavy (non-hydrogen) atoms. The summed E-state index contributed by atoms with van der Waals surface area (Å²) < 4.78 is 6.72. The predicted molar refractivity (Wildman–Crippen MR) is 84.3 cm³/mol. The first kappa shape index (κ1) is 14.9. The topological polar surface area (TPSA) is 81.9 Å². The molecule has 1 N–H and O–H groups in total. The molecule has 1 amide bonds. The number of anilines is 1. The molecule has 7 nitrogen and oxygen atoms in total. The minimum absolute atomic E-state index is 0.283. The molecule has 1 aromatic carbocycles. The molecule has 0 unspecified atom stereocenters.